The summed E-state index contributed by atoms with van der Waals surface area (Å²) in [4.78, 5) is 13.7. The zero-order valence-corrected chi connectivity index (χ0v) is 14.3. The third-order valence-electron chi connectivity index (χ3n) is 4.45. The Labute approximate surface area is 150 Å². The van der Waals surface area contributed by atoms with Crippen LogP contribution in [0.2, 0.25) is 0 Å². The topological polar surface area (TPSA) is 29.5 Å². The summed E-state index contributed by atoms with van der Waals surface area (Å²) in [6.45, 7) is 1.42. The number of hydrogen-bond acceptors (Lipinski definition) is 2. The van der Waals surface area contributed by atoms with Gasteiger partial charge in [-0.3, -0.25) is 0 Å². The van der Waals surface area contributed by atoms with Crippen molar-refractivity contribution in [2.45, 2.75) is 32.0 Å². The van der Waals surface area contributed by atoms with E-state index in [0.29, 0.717) is 24.2 Å². The Balaban J connectivity index is 1.74. The van der Waals surface area contributed by atoms with Crippen LogP contribution in [0, 0.1) is 0 Å². The maximum atomic E-state index is 13.2. The quantitative estimate of drug-likeness (QED) is 0.721. The molecule has 0 atom stereocenters. The van der Waals surface area contributed by atoms with E-state index in [1.165, 1.54) is 12.1 Å². The highest BCUT2D eigenvalue weighted by Gasteiger charge is 2.33. The van der Waals surface area contributed by atoms with E-state index in [0.717, 1.165) is 25.3 Å². The van der Waals surface area contributed by atoms with Crippen molar-refractivity contribution in [2.75, 3.05) is 13.1 Å². The summed E-state index contributed by atoms with van der Waals surface area (Å²) >= 11 is 0. The van der Waals surface area contributed by atoms with E-state index in [1.807, 2.05) is 0 Å². The lowest BCUT2D eigenvalue weighted by Gasteiger charge is -2.25. The van der Waals surface area contributed by atoms with Crippen LogP contribution in [-0.4, -0.2) is 24.1 Å². The Hall–Kier alpha value is -2.50. The normalized spacial score (nSPS) is 15.0. The van der Waals surface area contributed by atoms with Crippen LogP contribution in [-0.2, 0) is 17.5 Å². The van der Waals surface area contributed by atoms with E-state index in [2.05, 4.69) is 0 Å². The minimum atomic E-state index is -4.42. The Kier molecular flexibility index (Phi) is 5.49. The van der Waals surface area contributed by atoms with Gasteiger partial charge in [-0.2, -0.15) is 13.2 Å². The summed E-state index contributed by atoms with van der Waals surface area (Å²) in [5.41, 5.74) is 0.543. The van der Waals surface area contributed by atoms with Gasteiger partial charge in [0, 0.05) is 13.1 Å². The molecule has 1 amide bonds. The van der Waals surface area contributed by atoms with Crippen molar-refractivity contribution in [3.8, 4) is 11.1 Å². The van der Waals surface area contributed by atoms with Crippen LogP contribution in [0.3, 0.4) is 0 Å². The molecule has 0 spiro atoms. The average molecular weight is 363 g/mol. The summed E-state index contributed by atoms with van der Waals surface area (Å²) in [6, 6.07) is 12.1. The van der Waals surface area contributed by atoms with Crippen molar-refractivity contribution in [1.82, 2.24) is 4.90 Å². The molecular formula is C20H20F3NO2. The van der Waals surface area contributed by atoms with Gasteiger partial charge in [-0.25, -0.2) is 4.79 Å². The first-order valence-corrected chi connectivity index (χ1v) is 8.62. The number of alkyl halides is 3. The van der Waals surface area contributed by atoms with Crippen molar-refractivity contribution in [3.05, 3.63) is 59.7 Å². The maximum Gasteiger partial charge on any atom is 0.417 e. The maximum absolute atomic E-state index is 13.2. The van der Waals surface area contributed by atoms with Gasteiger partial charge < -0.3 is 9.64 Å². The Morgan fingerprint density at radius 2 is 1.73 bits per heavy atom. The van der Waals surface area contributed by atoms with E-state index < -0.39 is 11.7 Å². The molecule has 3 nitrogen and oxygen atoms in total. The minimum Gasteiger partial charge on any atom is -0.445 e. The van der Waals surface area contributed by atoms with Gasteiger partial charge in [-0.1, -0.05) is 36.4 Å². The fourth-order valence-electron chi connectivity index (χ4n) is 3.12. The van der Waals surface area contributed by atoms with Gasteiger partial charge in [0.2, 0.25) is 0 Å². The third-order valence-corrected chi connectivity index (χ3v) is 4.45. The lowest BCUT2D eigenvalue weighted by atomic mass is 9.98. The van der Waals surface area contributed by atoms with E-state index in [9.17, 15) is 18.0 Å². The van der Waals surface area contributed by atoms with Gasteiger partial charge in [0.1, 0.15) is 6.61 Å². The molecule has 0 saturated carbocycles. The van der Waals surface area contributed by atoms with Crippen molar-refractivity contribution >= 4 is 6.09 Å². The van der Waals surface area contributed by atoms with E-state index >= 15 is 0 Å². The zero-order chi connectivity index (χ0) is 18.6. The predicted octanol–water partition coefficient (Wildman–Crippen LogP) is 5.49. The van der Waals surface area contributed by atoms with E-state index in [4.69, 9.17) is 4.74 Å². The number of likely N-dealkylation sites (tertiary alicyclic amines) is 1. The number of carbonyl (C=O) groups is 1. The molecule has 6 heteroatoms. The molecule has 1 heterocycles. The predicted molar refractivity (Wildman–Crippen MR) is 92.5 cm³/mol. The molecule has 0 radical (unpaired) electrons. The first-order valence-electron chi connectivity index (χ1n) is 8.62. The number of amides is 1. The van der Waals surface area contributed by atoms with Crippen molar-refractivity contribution < 1.29 is 22.7 Å². The third kappa shape index (κ3) is 4.36. The number of hydrogen-bond donors (Lipinski definition) is 0. The molecule has 0 bridgehead atoms. The molecule has 2 aromatic rings. The number of carbonyl (C=O) groups excluding carboxylic acids is 1. The second-order valence-corrected chi connectivity index (χ2v) is 6.35. The van der Waals surface area contributed by atoms with Gasteiger partial charge >= 0.3 is 12.3 Å². The van der Waals surface area contributed by atoms with Crippen LogP contribution in [0.4, 0.5) is 18.0 Å². The van der Waals surface area contributed by atoms with E-state index in [1.54, 1.807) is 35.2 Å². The lowest BCUT2D eigenvalue weighted by Crippen LogP contribution is -2.35. The summed E-state index contributed by atoms with van der Waals surface area (Å²) in [5, 5.41) is 0. The van der Waals surface area contributed by atoms with Crippen LogP contribution in [0.1, 0.15) is 30.4 Å². The van der Waals surface area contributed by atoms with E-state index in [-0.39, 0.29) is 18.3 Å². The minimum absolute atomic E-state index is 0.0390. The number of halogens is 3. The van der Waals surface area contributed by atoms with Crippen molar-refractivity contribution in [3.63, 3.8) is 0 Å². The fourth-order valence-corrected chi connectivity index (χ4v) is 3.12. The number of ether oxygens (including phenoxy) is 1. The van der Waals surface area contributed by atoms with Gasteiger partial charge in [0.05, 0.1) is 5.56 Å². The molecule has 0 aromatic heterocycles. The van der Waals surface area contributed by atoms with Gasteiger partial charge in [0.25, 0.3) is 0 Å². The molecule has 1 aliphatic rings. The molecular weight excluding hydrogens is 343 g/mol. The SMILES string of the molecule is O=C(OCc1cccc(-c2ccccc2C(F)(F)F)c1)N1CCCCC1. The number of rotatable bonds is 3. The largest absolute Gasteiger partial charge is 0.445 e. The zero-order valence-electron chi connectivity index (χ0n) is 14.3. The molecule has 0 unspecified atom stereocenters. The smallest absolute Gasteiger partial charge is 0.417 e. The molecule has 1 fully saturated rings. The first-order chi connectivity index (χ1) is 12.4. The summed E-state index contributed by atoms with van der Waals surface area (Å²) < 4.78 is 45.0. The van der Waals surface area contributed by atoms with Gasteiger partial charge in [-0.15, -0.1) is 0 Å². The van der Waals surface area contributed by atoms with Crippen molar-refractivity contribution in [1.29, 1.82) is 0 Å². The summed E-state index contributed by atoms with van der Waals surface area (Å²) in [7, 11) is 0. The number of benzene rings is 2. The van der Waals surface area contributed by atoms with Crippen LogP contribution >= 0.6 is 0 Å². The van der Waals surface area contributed by atoms with Gasteiger partial charge in [0.15, 0.2) is 0 Å². The molecule has 0 aliphatic carbocycles. The molecule has 1 aliphatic heterocycles. The molecule has 138 valence electrons. The molecule has 2 aromatic carbocycles. The Morgan fingerprint density at radius 3 is 2.46 bits per heavy atom. The fraction of sp³-hybridized carbons (Fsp3) is 0.350. The van der Waals surface area contributed by atoms with Crippen LogP contribution in [0.5, 0.6) is 0 Å². The Bertz CT molecular complexity index is 768. The molecule has 3 rings (SSSR count). The number of nitrogens with zero attached hydrogens (tertiary/aromatic N) is 1. The highest BCUT2D eigenvalue weighted by atomic mass is 19.4. The monoisotopic (exact) mass is 363 g/mol. The highest BCUT2D eigenvalue weighted by Crippen LogP contribution is 2.37. The Morgan fingerprint density at radius 1 is 1.00 bits per heavy atom. The molecule has 26 heavy (non-hydrogen) atoms. The standard InChI is InChI=1S/C20H20F3NO2/c21-20(22,23)18-10-3-2-9-17(18)16-8-6-7-15(13-16)14-26-19(25)24-11-4-1-5-12-24/h2-3,6-10,13H,1,4-5,11-12,14H2. The second kappa shape index (κ2) is 7.81. The number of piperidine rings is 1. The molecule has 1 saturated heterocycles. The summed E-state index contributed by atoms with van der Waals surface area (Å²) in [5.74, 6) is 0. The molecule has 0 N–H and O–H groups in total. The van der Waals surface area contributed by atoms with Crippen molar-refractivity contribution in [2.24, 2.45) is 0 Å². The summed E-state index contributed by atoms with van der Waals surface area (Å²) in [6.07, 6.45) is -1.74. The first kappa shape index (κ1) is 18.3. The highest BCUT2D eigenvalue weighted by molar-refractivity contribution is 5.69. The van der Waals surface area contributed by atoms with Crippen LogP contribution in [0.25, 0.3) is 11.1 Å². The second-order valence-electron chi connectivity index (χ2n) is 6.35. The van der Waals surface area contributed by atoms with Crippen LogP contribution in [0.15, 0.2) is 48.5 Å². The van der Waals surface area contributed by atoms with Crippen LogP contribution < -0.4 is 0 Å². The average Bonchev–Trinajstić information content (AvgIpc) is 2.66. The van der Waals surface area contributed by atoms with Gasteiger partial charge in [-0.05, 0) is 48.1 Å². The lowest BCUT2D eigenvalue weighted by molar-refractivity contribution is -0.137.